The molecule has 0 amide bonds. The number of unbranched alkanes of at least 4 members (excludes halogenated alkanes) is 2. The van der Waals surface area contributed by atoms with Crippen LogP contribution in [0.5, 0.6) is 0 Å². The van der Waals surface area contributed by atoms with Gasteiger partial charge in [-0.3, -0.25) is 0 Å². The van der Waals surface area contributed by atoms with Crippen LogP contribution in [0.2, 0.25) is 0 Å². The molecule has 0 radical (unpaired) electrons. The number of piperidine rings is 2. The molecule has 42 heavy (non-hydrogen) atoms. The monoisotopic (exact) mass is 587 g/mol. The van der Waals surface area contributed by atoms with Gasteiger partial charge in [-0.2, -0.15) is 15.0 Å². The molecule has 0 saturated carbocycles. The Kier molecular flexibility index (Phi) is 10.4. The van der Waals surface area contributed by atoms with E-state index >= 15 is 0 Å². The zero-order valence-electron chi connectivity index (χ0n) is 28.6. The van der Waals surface area contributed by atoms with Gasteiger partial charge < -0.3 is 30.1 Å². The molecule has 1 aromatic rings. The van der Waals surface area contributed by atoms with Crippen LogP contribution in [0.3, 0.4) is 0 Å². The summed E-state index contributed by atoms with van der Waals surface area (Å²) in [4.78, 5) is 23.3. The average Bonchev–Trinajstić information content (AvgIpc) is 2.86. The third-order valence-electron chi connectivity index (χ3n) is 9.13. The summed E-state index contributed by atoms with van der Waals surface area (Å²) in [5.41, 5.74) is 0.164. The lowest BCUT2D eigenvalue weighted by atomic mass is 9.79. The Bertz CT molecular complexity index is 919. The van der Waals surface area contributed by atoms with E-state index in [2.05, 4.69) is 94.6 Å². The van der Waals surface area contributed by atoms with Crippen LogP contribution in [-0.4, -0.2) is 88.6 Å². The van der Waals surface area contributed by atoms with Crippen molar-refractivity contribution in [2.45, 2.75) is 155 Å². The van der Waals surface area contributed by atoms with Crippen molar-refractivity contribution >= 4 is 17.8 Å². The highest BCUT2D eigenvalue weighted by molar-refractivity contribution is 5.48. The summed E-state index contributed by atoms with van der Waals surface area (Å²) in [5.74, 6) is 2.51. The van der Waals surface area contributed by atoms with Gasteiger partial charge in [0.25, 0.3) is 0 Å². The molecular formula is C33H62N8O. The van der Waals surface area contributed by atoms with Crippen molar-refractivity contribution < 1.29 is 4.74 Å². The lowest BCUT2D eigenvalue weighted by Crippen LogP contribution is -2.63. The smallest absolute Gasteiger partial charge is 0.232 e. The first-order valence-corrected chi connectivity index (χ1v) is 16.8. The maximum Gasteiger partial charge on any atom is 0.232 e. The number of ether oxygens (including phenoxy) is 1. The second-order valence-electron chi connectivity index (χ2n) is 15.8. The zero-order chi connectivity index (χ0) is 30.8. The summed E-state index contributed by atoms with van der Waals surface area (Å²) in [6.07, 6.45) is 8.77. The normalized spacial score (nSPS) is 24.0. The van der Waals surface area contributed by atoms with Crippen LogP contribution in [0.4, 0.5) is 17.8 Å². The summed E-state index contributed by atoms with van der Waals surface area (Å²) < 4.78 is 5.72. The highest BCUT2D eigenvalue weighted by atomic mass is 16.5. The lowest BCUT2D eigenvalue weighted by molar-refractivity contribution is 0.122. The maximum absolute atomic E-state index is 5.72. The number of morpholine rings is 1. The molecule has 0 aliphatic carbocycles. The van der Waals surface area contributed by atoms with Crippen molar-refractivity contribution in [2.75, 3.05) is 54.1 Å². The highest BCUT2D eigenvalue weighted by Crippen LogP contribution is 2.36. The minimum absolute atomic E-state index is 0.0409. The topological polar surface area (TPSA) is 81.7 Å². The summed E-state index contributed by atoms with van der Waals surface area (Å²) in [5, 5.41) is 7.76. The Hall–Kier alpha value is -1.71. The van der Waals surface area contributed by atoms with E-state index < -0.39 is 0 Å². The van der Waals surface area contributed by atoms with Crippen molar-refractivity contribution in [3.63, 3.8) is 0 Å². The molecule has 3 aliphatic rings. The molecule has 4 rings (SSSR count). The zero-order valence-corrected chi connectivity index (χ0v) is 28.6. The molecule has 3 saturated heterocycles. The molecule has 240 valence electrons. The third kappa shape index (κ3) is 8.69. The van der Waals surface area contributed by atoms with Crippen LogP contribution in [0.15, 0.2) is 0 Å². The van der Waals surface area contributed by atoms with Crippen molar-refractivity contribution in [3.8, 4) is 0 Å². The van der Waals surface area contributed by atoms with Gasteiger partial charge in [0.1, 0.15) is 0 Å². The molecule has 3 fully saturated rings. The fourth-order valence-corrected chi connectivity index (χ4v) is 8.03. The number of aromatic nitrogens is 3. The third-order valence-corrected chi connectivity index (χ3v) is 9.13. The van der Waals surface area contributed by atoms with Crippen molar-refractivity contribution in [3.05, 3.63) is 0 Å². The number of nitrogens with one attached hydrogen (secondary N) is 2. The van der Waals surface area contributed by atoms with Gasteiger partial charge in [0.05, 0.1) is 13.2 Å². The number of anilines is 3. The van der Waals surface area contributed by atoms with Gasteiger partial charge in [-0.1, -0.05) is 26.7 Å². The van der Waals surface area contributed by atoms with E-state index in [9.17, 15) is 0 Å². The Morgan fingerprint density at radius 2 is 1.05 bits per heavy atom. The molecule has 3 aliphatic heterocycles. The number of nitrogens with zero attached hydrogens (tertiary/aromatic N) is 6. The van der Waals surface area contributed by atoms with Gasteiger partial charge in [-0.05, 0) is 93.9 Å². The van der Waals surface area contributed by atoms with Gasteiger partial charge in [0.15, 0.2) is 0 Å². The molecular weight excluding hydrogens is 524 g/mol. The number of hydrogen-bond donors (Lipinski definition) is 2. The summed E-state index contributed by atoms with van der Waals surface area (Å²) in [6, 6.07) is 0.716. The maximum atomic E-state index is 5.72. The Morgan fingerprint density at radius 1 is 0.667 bits per heavy atom. The molecule has 2 N–H and O–H groups in total. The minimum atomic E-state index is 0.0409. The van der Waals surface area contributed by atoms with Crippen LogP contribution in [-0.2, 0) is 4.74 Å². The van der Waals surface area contributed by atoms with E-state index in [4.69, 9.17) is 19.7 Å². The summed E-state index contributed by atoms with van der Waals surface area (Å²) in [6.45, 7) is 28.2. The predicted octanol–water partition coefficient (Wildman–Crippen LogP) is 5.54. The van der Waals surface area contributed by atoms with Crippen LogP contribution in [0.25, 0.3) is 0 Å². The van der Waals surface area contributed by atoms with Crippen molar-refractivity contribution in [1.29, 1.82) is 0 Å². The van der Waals surface area contributed by atoms with E-state index in [0.717, 1.165) is 95.4 Å². The van der Waals surface area contributed by atoms with E-state index in [-0.39, 0.29) is 22.2 Å². The van der Waals surface area contributed by atoms with Crippen LogP contribution in [0, 0.1) is 0 Å². The number of rotatable bonds is 11. The van der Waals surface area contributed by atoms with Gasteiger partial charge in [-0.25, -0.2) is 0 Å². The first-order valence-electron chi connectivity index (χ1n) is 16.8. The second kappa shape index (κ2) is 13.1. The molecule has 9 heteroatoms. The quantitative estimate of drug-likeness (QED) is 0.347. The fraction of sp³-hybridized carbons (Fsp3) is 0.909. The van der Waals surface area contributed by atoms with E-state index in [1.165, 1.54) is 0 Å². The Labute approximate surface area is 257 Å². The molecule has 0 aromatic carbocycles. The molecule has 4 heterocycles. The fourth-order valence-electron chi connectivity index (χ4n) is 8.03. The molecule has 0 atom stereocenters. The molecule has 9 nitrogen and oxygen atoms in total. The van der Waals surface area contributed by atoms with Gasteiger partial charge in [0.2, 0.25) is 17.8 Å². The molecule has 0 bridgehead atoms. The van der Waals surface area contributed by atoms with Crippen LogP contribution >= 0.6 is 0 Å². The largest absolute Gasteiger partial charge is 0.378 e. The van der Waals surface area contributed by atoms with Gasteiger partial charge in [0, 0.05) is 60.4 Å². The number of hydrogen-bond acceptors (Lipinski definition) is 9. The van der Waals surface area contributed by atoms with E-state index in [1.807, 2.05) is 0 Å². The van der Waals surface area contributed by atoms with Crippen molar-refractivity contribution in [2.24, 2.45) is 0 Å². The molecule has 0 unspecified atom stereocenters. The minimum Gasteiger partial charge on any atom is -0.378 e. The summed E-state index contributed by atoms with van der Waals surface area (Å²) >= 11 is 0. The van der Waals surface area contributed by atoms with E-state index in [0.29, 0.717) is 25.3 Å². The molecule has 1 aromatic heterocycles. The lowest BCUT2D eigenvalue weighted by Gasteiger charge is -2.50. The van der Waals surface area contributed by atoms with Gasteiger partial charge in [-0.15, -0.1) is 0 Å². The van der Waals surface area contributed by atoms with Crippen LogP contribution < -0.4 is 25.3 Å². The predicted molar refractivity (Wildman–Crippen MR) is 176 cm³/mol. The first-order chi connectivity index (χ1) is 19.6. The van der Waals surface area contributed by atoms with Crippen molar-refractivity contribution in [1.82, 2.24) is 25.6 Å². The van der Waals surface area contributed by atoms with E-state index in [1.54, 1.807) is 0 Å². The first kappa shape index (κ1) is 33.2. The highest BCUT2D eigenvalue weighted by Gasteiger charge is 2.43. The standard InChI is InChI=1S/C33H62N8O/c1-11-13-15-40(25-21-30(3,4)37-31(5,6)22-25)28-34-27(39-17-19-42-20-18-39)35-29(36-28)41(16-14-12-2)26-23-32(7,8)38-33(9,10)24-26/h25-26,37-38H,11-24H2,1-10H3. The second-order valence-corrected chi connectivity index (χ2v) is 15.8. The average molecular weight is 587 g/mol. The Morgan fingerprint density at radius 3 is 1.40 bits per heavy atom. The molecule has 0 spiro atoms. The Balaban J connectivity index is 1.81. The van der Waals surface area contributed by atoms with Crippen LogP contribution in [0.1, 0.15) is 121 Å². The van der Waals surface area contributed by atoms with Gasteiger partial charge >= 0.3 is 0 Å². The SMILES string of the molecule is CCCCN(c1nc(N2CCOCC2)nc(N(CCCC)C2CC(C)(C)NC(C)(C)C2)n1)C1CC(C)(C)NC(C)(C)C1. The summed E-state index contributed by atoms with van der Waals surface area (Å²) in [7, 11) is 0.